The Kier molecular flexibility index (Phi) is 5.37. The molecule has 0 atom stereocenters. The van der Waals surface area contributed by atoms with Crippen LogP contribution < -0.4 is 10.2 Å². The van der Waals surface area contributed by atoms with Crippen LogP contribution in [-0.2, 0) is 14.9 Å². The summed E-state index contributed by atoms with van der Waals surface area (Å²) in [4.78, 5) is 11.5. The summed E-state index contributed by atoms with van der Waals surface area (Å²) in [6.07, 6.45) is 1.07. The van der Waals surface area contributed by atoms with Crippen LogP contribution in [-0.4, -0.2) is 31.7 Å². The van der Waals surface area contributed by atoms with Crippen molar-refractivity contribution in [3.63, 3.8) is 0 Å². The zero-order chi connectivity index (χ0) is 16.9. The summed E-state index contributed by atoms with van der Waals surface area (Å²) in [6.45, 7) is -0.310. The Balaban J connectivity index is 1.84. The topological polar surface area (TPSA) is 118 Å². The van der Waals surface area contributed by atoms with E-state index in [4.69, 9.17) is 25.3 Å². The third-order valence-electron chi connectivity index (χ3n) is 2.43. The van der Waals surface area contributed by atoms with Crippen LogP contribution in [0.15, 0.2) is 51.0 Å². The highest BCUT2D eigenvalue weighted by molar-refractivity contribution is 7.85. The van der Waals surface area contributed by atoms with Crippen LogP contribution in [0.3, 0.4) is 0 Å². The largest absolute Gasteiger partial charge is 0.482 e. The Hall–Kier alpha value is -2.36. The van der Waals surface area contributed by atoms with Gasteiger partial charge in [-0.25, -0.2) is 5.43 Å². The predicted molar refractivity (Wildman–Crippen MR) is 81.2 cm³/mol. The molecule has 0 aliphatic carbocycles. The van der Waals surface area contributed by atoms with Crippen LogP contribution >= 0.6 is 11.6 Å². The van der Waals surface area contributed by atoms with Gasteiger partial charge in [-0.05, 0) is 24.3 Å². The lowest BCUT2D eigenvalue weighted by atomic mass is 10.3. The van der Waals surface area contributed by atoms with Gasteiger partial charge < -0.3 is 9.15 Å². The number of rotatable bonds is 6. The first-order chi connectivity index (χ1) is 10.9. The van der Waals surface area contributed by atoms with Crippen LogP contribution in [0.4, 0.5) is 0 Å². The molecule has 0 spiro atoms. The van der Waals surface area contributed by atoms with Crippen molar-refractivity contribution >= 4 is 33.8 Å². The zero-order valence-corrected chi connectivity index (χ0v) is 13.0. The SMILES string of the molecule is O=C(COc1ccccc1Cl)N/N=C\c1ccc(S(=O)(=O)O)o1. The lowest BCUT2D eigenvalue weighted by molar-refractivity contribution is -0.123. The van der Waals surface area contributed by atoms with Crippen LogP contribution in [0.25, 0.3) is 0 Å². The zero-order valence-electron chi connectivity index (χ0n) is 11.5. The number of nitrogens with zero attached hydrogens (tertiary/aromatic N) is 1. The van der Waals surface area contributed by atoms with Crippen molar-refractivity contribution in [2.24, 2.45) is 5.10 Å². The van der Waals surface area contributed by atoms with Gasteiger partial charge in [0.15, 0.2) is 6.61 Å². The second kappa shape index (κ2) is 7.27. The molecule has 2 N–H and O–H groups in total. The number of nitrogens with one attached hydrogen (secondary N) is 1. The van der Waals surface area contributed by atoms with E-state index in [-0.39, 0.29) is 12.4 Å². The summed E-state index contributed by atoms with van der Waals surface area (Å²) < 4.78 is 40.3. The number of para-hydroxylation sites is 1. The summed E-state index contributed by atoms with van der Waals surface area (Å²) in [7, 11) is -4.41. The van der Waals surface area contributed by atoms with Gasteiger partial charge in [-0.1, -0.05) is 23.7 Å². The molecule has 2 aromatic rings. The maximum absolute atomic E-state index is 11.5. The molecule has 0 bridgehead atoms. The van der Waals surface area contributed by atoms with E-state index < -0.39 is 21.1 Å². The summed E-state index contributed by atoms with van der Waals surface area (Å²) in [5, 5.41) is 3.32. The van der Waals surface area contributed by atoms with Gasteiger partial charge in [0, 0.05) is 0 Å². The van der Waals surface area contributed by atoms with Crippen LogP contribution in [0.5, 0.6) is 5.75 Å². The quantitative estimate of drug-likeness (QED) is 0.461. The molecule has 0 unspecified atom stereocenters. The first kappa shape index (κ1) is 17.0. The number of hydrogen-bond donors (Lipinski definition) is 2. The van der Waals surface area contributed by atoms with Crippen LogP contribution in [0, 0.1) is 0 Å². The van der Waals surface area contributed by atoms with Gasteiger partial charge in [0.1, 0.15) is 11.5 Å². The molecule has 1 aromatic carbocycles. The van der Waals surface area contributed by atoms with Gasteiger partial charge in [-0.2, -0.15) is 13.5 Å². The molecule has 1 amide bonds. The van der Waals surface area contributed by atoms with Gasteiger partial charge in [0.2, 0.25) is 5.09 Å². The number of furan rings is 1. The van der Waals surface area contributed by atoms with Crippen LogP contribution in [0.2, 0.25) is 5.02 Å². The molecule has 0 aliphatic heterocycles. The normalized spacial score (nSPS) is 11.6. The second-order valence-electron chi connectivity index (χ2n) is 4.14. The number of amides is 1. The fourth-order valence-corrected chi connectivity index (χ4v) is 2.08. The Bertz CT molecular complexity index is 830. The Labute approximate surface area is 136 Å². The molecular weight excluding hydrogens is 348 g/mol. The van der Waals surface area contributed by atoms with E-state index in [1.165, 1.54) is 6.07 Å². The highest BCUT2D eigenvalue weighted by Crippen LogP contribution is 2.22. The third-order valence-corrected chi connectivity index (χ3v) is 3.47. The Morgan fingerprint density at radius 2 is 2.09 bits per heavy atom. The molecule has 0 fully saturated rings. The number of ether oxygens (including phenoxy) is 1. The molecule has 0 saturated carbocycles. The minimum atomic E-state index is -4.41. The number of carbonyl (C=O) groups is 1. The van der Waals surface area contributed by atoms with Gasteiger partial charge in [0.25, 0.3) is 5.91 Å². The van der Waals surface area contributed by atoms with E-state index in [0.717, 1.165) is 12.3 Å². The highest BCUT2D eigenvalue weighted by Gasteiger charge is 2.14. The third kappa shape index (κ3) is 5.09. The molecule has 10 heteroatoms. The number of carbonyl (C=O) groups excluding carboxylic acids is 1. The number of benzene rings is 1. The van der Waals surface area contributed by atoms with Crippen molar-refractivity contribution in [3.05, 3.63) is 47.2 Å². The van der Waals surface area contributed by atoms with E-state index in [9.17, 15) is 13.2 Å². The lowest BCUT2D eigenvalue weighted by Crippen LogP contribution is -2.24. The fraction of sp³-hybridized carbons (Fsp3) is 0.0769. The standard InChI is InChI=1S/C13H11ClN2O6S/c14-10-3-1-2-4-11(10)21-8-12(17)16-15-7-9-5-6-13(22-9)23(18,19)20/h1-7H,8H2,(H,16,17)(H,18,19,20)/b15-7-. The van der Waals surface area contributed by atoms with Crippen molar-refractivity contribution in [3.8, 4) is 5.75 Å². The molecule has 1 aromatic heterocycles. The average molecular weight is 359 g/mol. The lowest BCUT2D eigenvalue weighted by Gasteiger charge is -2.05. The second-order valence-corrected chi connectivity index (χ2v) is 5.90. The Morgan fingerprint density at radius 3 is 2.74 bits per heavy atom. The van der Waals surface area contributed by atoms with Crippen molar-refractivity contribution in [2.75, 3.05) is 6.61 Å². The van der Waals surface area contributed by atoms with Crippen molar-refractivity contribution in [2.45, 2.75) is 5.09 Å². The molecule has 0 aliphatic rings. The predicted octanol–water partition coefficient (Wildman–Crippen LogP) is 1.71. The molecule has 8 nitrogen and oxygen atoms in total. The Morgan fingerprint density at radius 1 is 1.35 bits per heavy atom. The fourth-order valence-electron chi connectivity index (χ4n) is 1.45. The average Bonchev–Trinajstić information content (AvgIpc) is 2.95. The summed E-state index contributed by atoms with van der Waals surface area (Å²) in [5.74, 6) is -0.162. The molecule has 1 heterocycles. The highest BCUT2D eigenvalue weighted by atomic mass is 35.5. The maximum atomic E-state index is 11.5. The summed E-state index contributed by atoms with van der Waals surface area (Å²) in [5.41, 5.74) is 2.16. The molecular formula is C13H11ClN2O6S. The first-order valence-corrected chi connectivity index (χ1v) is 7.94. The van der Waals surface area contributed by atoms with E-state index in [0.29, 0.717) is 10.8 Å². The van der Waals surface area contributed by atoms with Crippen molar-refractivity contribution in [1.82, 2.24) is 5.43 Å². The summed E-state index contributed by atoms with van der Waals surface area (Å²) in [6, 6.07) is 8.98. The molecule has 23 heavy (non-hydrogen) atoms. The van der Waals surface area contributed by atoms with E-state index >= 15 is 0 Å². The van der Waals surface area contributed by atoms with E-state index in [1.807, 2.05) is 0 Å². The number of halogens is 1. The molecule has 0 saturated heterocycles. The van der Waals surface area contributed by atoms with Gasteiger partial charge in [-0.3, -0.25) is 9.35 Å². The van der Waals surface area contributed by atoms with Crippen molar-refractivity contribution in [1.29, 1.82) is 0 Å². The number of hydrazone groups is 1. The summed E-state index contributed by atoms with van der Waals surface area (Å²) >= 11 is 5.86. The van der Waals surface area contributed by atoms with Crippen LogP contribution in [0.1, 0.15) is 5.76 Å². The van der Waals surface area contributed by atoms with Gasteiger partial charge >= 0.3 is 10.1 Å². The maximum Gasteiger partial charge on any atom is 0.328 e. The first-order valence-electron chi connectivity index (χ1n) is 6.13. The van der Waals surface area contributed by atoms with Gasteiger partial charge in [-0.15, -0.1) is 0 Å². The smallest absolute Gasteiger partial charge is 0.328 e. The van der Waals surface area contributed by atoms with E-state index in [1.54, 1.807) is 24.3 Å². The molecule has 2 rings (SSSR count). The minimum absolute atomic E-state index is 0.0324. The minimum Gasteiger partial charge on any atom is -0.482 e. The number of hydrogen-bond acceptors (Lipinski definition) is 6. The molecule has 122 valence electrons. The van der Waals surface area contributed by atoms with Crippen molar-refractivity contribution < 1.29 is 26.9 Å². The van der Waals surface area contributed by atoms with Gasteiger partial charge in [0.05, 0.1) is 11.2 Å². The molecule has 0 radical (unpaired) electrons. The van der Waals surface area contributed by atoms with E-state index in [2.05, 4.69) is 10.5 Å². The monoisotopic (exact) mass is 358 g/mol.